The zero-order valence-electron chi connectivity index (χ0n) is 6.60. The lowest BCUT2D eigenvalue weighted by molar-refractivity contribution is -0.385. The van der Waals surface area contributed by atoms with Gasteiger partial charge in [-0.05, 0) is 6.92 Å². The highest BCUT2D eigenvalue weighted by Gasteiger charge is 2.15. The van der Waals surface area contributed by atoms with E-state index < -0.39 is 11.0 Å². The Balaban J connectivity index is 2.95. The standard InChI is InChI=1S/C6H6N2O4S/c1-3-4(8(11)12)2-5(13-3)7-6(9)10/h2,7H,1H3,(H,9,10). The Hall–Kier alpha value is -1.63. The number of nitrogens with one attached hydrogen (secondary N) is 1. The van der Waals surface area contributed by atoms with Gasteiger partial charge in [-0.1, -0.05) is 0 Å². The Kier molecular flexibility index (Phi) is 2.47. The van der Waals surface area contributed by atoms with Crippen molar-refractivity contribution in [2.45, 2.75) is 6.92 Å². The highest BCUT2D eigenvalue weighted by molar-refractivity contribution is 7.16. The van der Waals surface area contributed by atoms with E-state index in [0.717, 1.165) is 11.3 Å². The average Bonchev–Trinajstić information content (AvgIpc) is 2.29. The Morgan fingerprint density at radius 2 is 2.38 bits per heavy atom. The number of rotatable bonds is 2. The molecule has 2 N–H and O–H groups in total. The summed E-state index contributed by atoms with van der Waals surface area (Å²) >= 11 is 1.04. The molecule has 7 heteroatoms. The minimum atomic E-state index is -1.23. The van der Waals surface area contributed by atoms with Crippen LogP contribution in [-0.2, 0) is 0 Å². The third kappa shape index (κ3) is 2.15. The van der Waals surface area contributed by atoms with Crippen LogP contribution in [0.15, 0.2) is 6.07 Å². The molecule has 0 bridgehead atoms. The fourth-order valence-electron chi connectivity index (χ4n) is 0.821. The molecule has 0 aliphatic heterocycles. The quantitative estimate of drug-likeness (QED) is 0.567. The molecule has 0 spiro atoms. The van der Waals surface area contributed by atoms with E-state index in [2.05, 4.69) is 5.32 Å². The van der Waals surface area contributed by atoms with Gasteiger partial charge in [-0.15, -0.1) is 11.3 Å². The molecule has 1 rings (SSSR count). The van der Waals surface area contributed by atoms with Crippen LogP contribution in [0, 0.1) is 17.0 Å². The van der Waals surface area contributed by atoms with E-state index in [1.807, 2.05) is 0 Å². The zero-order chi connectivity index (χ0) is 10.0. The monoisotopic (exact) mass is 202 g/mol. The fourth-order valence-corrected chi connectivity index (χ4v) is 1.70. The minimum Gasteiger partial charge on any atom is -0.465 e. The van der Waals surface area contributed by atoms with Gasteiger partial charge in [-0.3, -0.25) is 15.4 Å². The van der Waals surface area contributed by atoms with Crippen molar-refractivity contribution in [3.63, 3.8) is 0 Å². The fraction of sp³-hybridized carbons (Fsp3) is 0.167. The van der Waals surface area contributed by atoms with Crippen molar-refractivity contribution < 1.29 is 14.8 Å². The van der Waals surface area contributed by atoms with E-state index in [1.165, 1.54) is 6.07 Å². The maximum atomic E-state index is 10.4. The van der Waals surface area contributed by atoms with Crippen LogP contribution in [0.1, 0.15) is 4.88 Å². The summed E-state index contributed by atoms with van der Waals surface area (Å²) in [4.78, 5) is 20.5. The highest BCUT2D eigenvalue weighted by Crippen LogP contribution is 2.31. The van der Waals surface area contributed by atoms with Crippen LogP contribution in [0.2, 0.25) is 0 Å². The molecular formula is C6H6N2O4S. The van der Waals surface area contributed by atoms with Crippen molar-refractivity contribution in [1.82, 2.24) is 0 Å². The van der Waals surface area contributed by atoms with Gasteiger partial charge in [0, 0.05) is 0 Å². The Labute approximate surface area is 77.0 Å². The lowest BCUT2D eigenvalue weighted by Gasteiger charge is -1.90. The van der Waals surface area contributed by atoms with Gasteiger partial charge in [0.1, 0.15) is 5.00 Å². The molecule has 0 aliphatic rings. The molecule has 0 saturated heterocycles. The van der Waals surface area contributed by atoms with Crippen molar-refractivity contribution >= 4 is 28.1 Å². The predicted molar refractivity (Wildman–Crippen MR) is 47.4 cm³/mol. The van der Waals surface area contributed by atoms with Crippen LogP contribution in [-0.4, -0.2) is 16.1 Å². The van der Waals surface area contributed by atoms with Gasteiger partial charge in [0.15, 0.2) is 0 Å². The van der Waals surface area contributed by atoms with Crippen molar-refractivity contribution in [3.8, 4) is 0 Å². The number of aryl methyl sites for hydroxylation is 1. The number of hydrogen-bond acceptors (Lipinski definition) is 4. The number of amides is 1. The smallest absolute Gasteiger partial charge is 0.409 e. The van der Waals surface area contributed by atoms with E-state index in [9.17, 15) is 14.9 Å². The largest absolute Gasteiger partial charge is 0.465 e. The summed E-state index contributed by atoms with van der Waals surface area (Å²) in [7, 11) is 0. The minimum absolute atomic E-state index is 0.0613. The lowest BCUT2D eigenvalue weighted by atomic mass is 10.4. The van der Waals surface area contributed by atoms with Crippen molar-refractivity contribution in [1.29, 1.82) is 0 Å². The second kappa shape index (κ2) is 3.40. The SMILES string of the molecule is Cc1sc(NC(=O)O)cc1[N+](=O)[O-]. The van der Waals surface area contributed by atoms with Crippen LogP contribution in [0.3, 0.4) is 0 Å². The van der Waals surface area contributed by atoms with Crippen LogP contribution in [0.5, 0.6) is 0 Å². The summed E-state index contributed by atoms with van der Waals surface area (Å²) in [6, 6.07) is 1.20. The third-order valence-corrected chi connectivity index (χ3v) is 2.27. The summed E-state index contributed by atoms with van der Waals surface area (Å²) < 4.78 is 0. The van der Waals surface area contributed by atoms with Gasteiger partial charge in [0.2, 0.25) is 0 Å². The van der Waals surface area contributed by atoms with Crippen molar-refractivity contribution in [2.75, 3.05) is 5.32 Å². The molecule has 1 amide bonds. The van der Waals surface area contributed by atoms with Gasteiger partial charge >= 0.3 is 6.09 Å². The van der Waals surface area contributed by atoms with Crippen molar-refractivity contribution in [3.05, 3.63) is 21.1 Å². The molecule has 1 aromatic rings. The number of nitrogens with zero attached hydrogens (tertiary/aromatic N) is 1. The van der Waals surface area contributed by atoms with E-state index in [-0.39, 0.29) is 10.7 Å². The summed E-state index contributed by atoms with van der Waals surface area (Å²) in [5, 5.41) is 21.0. The Morgan fingerprint density at radius 1 is 1.77 bits per heavy atom. The van der Waals surface area contributed by atoms with E-state index >= 15 is 0 Å². The lowest BCUT2D eigenvalue weighted by Crippen LogP contribution is -2.05. The van der Waals surface area contributed by atoms with Crippen LogP contribution in [0.25, 0.3) is 0 Å². The van der Waals surface area contributed by atoms with E-state index in [0.29, 0.717) is 4.88 Å². The number of anilines is 1. The van der Waals surface area contributed by atoms with Gasteiger partial charge < -0.3 is 5.11 Å². The summed E-state index contributed by atoms with van der Waals surface area (Å²) in [5.41, 5.74) is -0.0613. The summed E-state index contributed by atoms with van der Waals surface area (Å²) in [5.74, 6) is 0. The maximum absolute atomic E-state index is 10.4. The molecule has 0 aliphatic carbocycles. The van der Waals surface area contributed by atoms with Gasteiger partial charge in [-0.2, -0.15) is 0 Å². The second-order valence-corrected chi connectivity index (χ2v) is 3.50. The van der Waals surface area contributed by atoms with Gasteiger partial charge in [0.25, 0.3) is 5.69 Å². The molecule has 13 heavy (non-hydrogen) atoms. The predicted octanol–water partition coefficient (Wildman–Crippen LogP) is 2.05. The molecule has 0 atom stereocenters. The molecule has 6 nitrogen and oxygen atoms in total. The van der Waals surface area contributed by atoms with Crippen LogP contribution < -0.4 is 5.32 Å². The number of thiophene rings is 1. The average molecular weight is 202 g/mol. The summed E-state index contributed by atoms with van der Waals surface area (Å²) in [6.45, 7) is 1.57. The molecule has 0 unspecified atom stereocenters. The van der Waals surface area contributed by atoms with E-state index in [4.69, 9.17) is 5.11 Å². The van der Waals surface area contributed by atoms with Gasteiger partial charge in [0.05, 0.1) is 15.9 Å². The topological polar surface area (TPSA) is 92.5 Å². The number of carbonyl (C=O) groups is 1. The normalized spacial score (nSPS) is 9.62. The first-order valence-electron chi connectivity index (χ1n) is 3.25. The van der Waals surface area contributed by atoms with Crippen molar-refractivity contribution in [2.24, 2.45) is 0 Å². The first kappa shape index (κ1) is 9.46. The second-order valence-electron chi connectivity index (χ2n) is 2.24. The molecule has 0 radical (unpaired) electrons. The Bertz CT molecular complexity index is 360. The molecule has 0 aromatic carbocycles. The number of nitro groups is 1. The first-order valence-corrected chi connectivity index (χ1v) is 4.07. The van der Waals surface area contributed by atoms with Crippen LogP contribution >= 0.6 is 11.3 Å². The maximum Gasteiger partial charge on any atom is 0.409 e. The van der Waals surface area contributed by atoms with Crippen LogP contribution in [0.4, 0.5) is 15.5 Å². The molecule has 0 fully saturated rings. The number of carboxylic acid groups (broad SMARTS) is 1. The Morgan fingerprint density at radius 3 is 2.77 bits per heavy atom. The van der Waals surface area contributed by atoms with Gasteiger partial charge in [-0.25, -0.2) is 4.79 Å². The molecule has 70 valence electrons. The highest BCUT2D eigenvalue weighted by atomic mass is 32.1. The molecular weight excluding hydrogens is 196 g/mol. The first-order chi connectivity index (χ1) is 6.00. The third-order valence-electron chi connectivity index (χ3n) is 1.32. The van der Waals surface area contributed by atoms with E-state index in [1.54, 1.807) is 6.92 Å². The molecule has 1 heterocycles. The number of hydrogen-bond donors (Lipinski definition) is 2. The zero-order valence-corrected chi connectivity index (χ0v) is 7.42. The summed E-state index contributed by atoms with van der Waals surface area (Å²) in [6.07, 6.45) is -1.23. The molecule has 0 saturated carbocycles. The molecule has 1 aromatic heterocycles.